The molecule has 2 aromatic carbocycles. The van der Waals surface area contributed by atoms with Crippen LogP contribution >= 0.6 is 35.0 Å². The Bertz CT molecular complexity index is 1170. The standard InChI is InChI=1S/C23H24Cl2N4O4S/c1-5-10-29-22(14(2)33-19-8-6-15(24)11-17(19)25)27-28-23(29)34-13-21(30)26-18-12-16(31-3)7-9-20(18)32-4/h5-9,11-12,14H,1,10,13H2,2-4H3,(H,26,30). The van der Waals surface area contributed by atoms with Crippen LogP contribution in [0.2, 0.25) is 10.0 Å². The van der Waals surface area contributed by atoms with Gasteiger partial charge in [0.05, 0.1) is 30.7 Å². The highest BCUT2D eigenvalue weighted by molar-refractivity contribution is 7.99. The first-order valence-corrected chi connectivity index (χ1v) is 11.9. The first-order valence-electron chi connectivity index (χ1n) is 10.2. The van der Waals surface area contributed by atoms with Gasteiger partial charge in [0.2, 0.25) is 5.91 Å². The van der Waals surface area contributed by atoms with E-state index in [4.69, 9.17) is 37.4 Å². The second kappa shape index (κ2) is 12.0. The minimum Gasteiger partial charge on any atom is -0.497 e. The highest BCUT2D eigenvalue weighted by Crippen LogP contribution is 2.32. The maximum Gasteiger partial charge on any atom is 0.234 e. The average Bonchev–Trinajstić information content (AvgIpc) is 3.22. The van der Waals surface area contributed by atoms with Crippen molar-refractivity contribution in [3.05, 3.63) is 64.9 Å². The van der Waals surface area contributed by atoms with Crippen molar-refractivity contribution in [3.63, 3.8) is 0 Å². The fraction of sp³-hybridized carbons (Fsp3) is 0.261. The second-order valence-corrected chi connectivity index (χ2v) is 8.76. The summed E-state index contributed by atoms with van der Waals surface area (Å²) in [6.07, 6.45) is 1.26. The summed E-state index contributed by atoms with van der Waals surface area (Å²) >= 11 is 13.4. The van der Waals surface area contributed by atoms with Gasteiger partial charge >= 0.3 is 0 Å². The van der Waals surface area contributed by atoms with Gasteiger partial charge in [0.1, 0.15) is 17.2 Å². The average molecular weight is 523 g/mol. The monoisotopic (exact) mass is 522 g/mol. The fourth-order valence-corrected chi connectivity index (χ4v) is 4.26. The molecule has 1 atom stereocenters. The maximum atomic E-state index is 12.6. The highest BCUT2D eigenvalue weighted by atomic mass is 35.5. The van der Waals surface area contributed by atoms with E-state index in [9.17, 15) is 4.79 Å². The molecule has 180 valence electrons. The molecule has 8 nitrogen and oxygen atoms in total. The van der Waals surface area contributed by atoms with E-state index in [0.29, 0.717) is 50.5 Å². The van der Waals surface area contributed by atoms with E-state index < -0.39 is 6.10 Å². The molecule has 1 heterocycles. The molecule has 11 heteroatoms. The zero-order valence-electron chi connectivity index (χ0n) is 18.9. The molecule has 0 radical (unpaired) electrons. The number of hydrogen-bond donors (Lipinski definition) is 1. The van der Waals surface area contributed by atoms with Crippen molar-refractivity contribution >= 4 is 46.6 Å². The Hall–Kier alpha value is -2.88. The summed E-state index contributed by atoms with van der Waals surface area (Å²) < 4.78 is 18.3. The van der Waals surface area contributed by atoms with Gasteiger partial charge in [0.25, 0.3) is 0 Å². The van der Waals surface area contributed by atoms with Crippen LogP contribution < -0.4 is 19.5 Å². The third-order valence-electron chi connectivity index (χ3n) is 4.63. The lowest BCUT2D eigenvalue weighted by Gasteiger charge is -2.16. The van der Waals surface area contributed by atoms with Crippen molar-refractivity contribution in [1.29, 1.82) is 0 Å². The number of hydrogen-bond acceptors (Lipinski definition) is 7. The molecule has 0 aliphatic rings. The molecule has 1 aromatic heterocycles. The van der Waals surface area contributed by atoms with Gasteiger partial charge in [0.15, 0.2) is 17.1 Å². The van der Waals surface area contributed by atoms with E-state index in [2.05, 4.69) is 22.1 Å². The zero-order valence-corrected chi connectivity index (χ0v) is 21.2. The molecule has 0 saturated carbocycles. The largest absolute Gasteiger partial charge is 0.497 e. The Labute approximate surface area is 212 Å². The number of thioether (sulfide) groups is 1. The Morgan fingerprint density at radius 2 is 1.94 bits per heavy atom. The third kappa shape index (κ3) is 6.37. The van der Waals surface area contributed by atoms with Gasteiger partial charge in [-0.15, -0.1) is 16.8 Å². The summed E-state index contributed by atoms with van der Waals surface area (Å²) in [5.74, 6) is 2.06. The first-order chi connectivity index (χ1) is 16.4. The molecule has 0 saturated heterocycles. The number of carbonyl (C=O) groups excluding carboxylic acids is 1. The number of carbonyl (C=O) groups is 1. The van der Waals surface area contributed by atoms with E-state index in [1.54, 1.807) is 49.6 Å². The van der Waals surface area contributed by atoms with Crippen LogP contribution in [0.5, 0.6) is 17.2 Å². The van der Waals surface area contributed by atoms with Crippen molar-refractivity contribution in [2.45, 2.75) is 24.7 Å². The summed E-state index contributed by atoms with van der Waals surface area (Å²) in [6, 6.07) is 10.2. The fourth-order valence-electron chi connectivity index (χ4n) is 3.05. The number of aromatic nitrogens is 3. The summed E-state index contributed by atoms with van der Waals surface area (Å²) in [5, 5.41) is 12.8. The molecule has 3 rings (SSSR count). The zero-order chi connectivity index (χ0) is 24.7. The topological polar surface area (TPSA) is 87.5 Å². The Morgan fingerprint density at radius 1 is 1.18 bits per heavy atom. The number of nitrogens with zero attached hydrogens (tertiary/aromatic N) is 3. The lowest BCUT2D eigenvalue weighted by molar-refractivity contribution is -0.113. The molecular weight excluding hydrogens is 499 g/mol. The number of rotatable bonds is 11. The van der Waals surface area contributed by atoms with Crippen LogP contribution in [0.4, 0.5) is 5.69 Å². The number of anilines is 1. The molecule has 1 N–H and O–H groups in total. The van der Waals surface area contributed by atoms with Crippen molar-refractivity contribution in [3.8, 4) is 17.2 Å². The van der Waals surface area contributed by atoms with Gasteiger partial charge in [-0.1, -0.05) is 41.0 Å². The highest BCUT2D eigenvalue weighted by Gasteiger charge is 2.21. The van der Waals surface area contributed by atoms with E-state index >= 15 is 0 Å². The predicted molar refractivity (Wildman–Crippen MR) is 135 cm³/mol. The molecule has 0 aliphatic carbocycles. The number of nitrogens with one attached hydrogen (secondary N) is 1. The number of ether oxygens (including phenoxy) is 3. The Morgan fingerprint density at radius 3 is 2.62 bits per heavy atom. The quantitative estimate of drug-likeness (QED) is 0.256. The van der Waals surface area contributed by atoms with Gasteiger partial charge in [0, 0.05) is 17.6 Å². The minimum absolute atomic E-state index is 0.105. The minimum atomic E-state index is -0.463. The van der Waals surface area contributed by atoms with Gasteiger partial charge in [-0.25, -0.2) is 0 Å². The summed E-state index contributed by atoms with van der Waals surface area (Å²) in [5.41, 5.74) is 0.516. The van der Waals surface area contributed by atoms with Crippen LogP contribution in [0.1, 0.15) is 18.9 Å². The van der Waals surface area contributed by atoms with E-state index in [0.717, 1.165) is 0 Å². The summed E-state index contributed by atoms with van der Waals surface area (Å²) in [4.78, 5) is 12.6. The number of amides is 1. The van der Waals surface area contributed by atoms with Crippen molar-refractivity contribution < 1.29 is 19.0 Å². The van der Waals surface area contributed by atoms with Gasteiger partial charge in [-0.05, 0) is 37.3 Å². The number of benzene rings is 2. The van der Waals surface area contributed by atoms with Crippen molar-refractivity contribution in [2.24, 2.45) is 0 Å². The number of methoxy groups -OCH3 is 2. The molecule has 0 spiro atoms. The SMILES string of the molecule is C=CCn1c(SCC(=O)Nc2cc(OC)ccc2OC)nnc1C(C)Oc1ccc(Cl)cc1Cl. The predicted octanol–water partition coefficient (Wildman–Crippen LogP) is 5.66. The first kappa shape index (κ1) is 25.7. The van der Waals surface area contributed by atoms with Crippen LogP contribution in [0, 0.1) is 0 Å². The Kier molecular flexibility index (Phi) is 9.09. The van der Waals surface area contributed by atoms with Crippen molar-refractivity contribution in [2.75, 3.05) is 25.3 Å². The van der Waals surface area contributed by atoms with Gasteiger partial charge in [-0.2, -0.15) is 0 Å². The maximum absolute atomic E-state index is 12.6. The van der Waals surface area contributed by atoms with E-state index in [1.807, 2.05) is 11.5 Å². The van der Waals surface area contributed by atoms with Crippen LogP contribution in [0.3, 0.4) is 0 Å². The lowest BCUT2D eigenvalue weighted by atomic mass is 10.2. The normalized spacial score (nSPS) is 11.6. The van der Waals surface area contributed by atoms with Gasteiger partial charge in [-0.3, -0.25) is 9.36 Å². The molecule has 1 unspecified atom stereocenters. The van der Waals surface area contributed by atoms with Crippen LogP contribution in [0.25, 0.3) is 0 Å². The van der Waals surface area contributed by atoms with Gasteiger partial charge < -0.3 is 19.5 Å². The molecular formula is C23H24Cl2N4O4S. The lowest BCUT2D eigenvalue weighted by Crippen LogP contribution is -2.16. The van der Waals surface area contributed by atoms with E-state index in [-0.39, 0.29) is 11.7 Å². The second-order valence-electron chi connectivity index (χ2n) is 6.98. The van der Waals surface area contributed by atoms with Crippen LogP contribution in [0.15, 0.2) is 54.2 Å². The summed E-state index contributed by atoms with van der Waals surface area (Å²) in [7, 11) is 3.09. The molecule has 0 bridgehead atoms. The Balaban J connectivity index is 1.71. The van der Waals surface area contributed by atoms with Crippen LogP contribution in [-0.4, -0.2) is 40.6 Å². The summed E-state index contributed by atoms with van der Waals surface area (Å²) in [6.45, 7) is 6.08. The van der Waals surface area contributed by atoms with Crippen LogP contribution in [-0.2, 0) is 11.3 Å². The molecule has 1 amide bonds. The smallest absolute Gasteiger partial charge is 0.234 e. The molecule has 34 heavy (non-hydrogen) atoms. The number of allylic oxidation sites excluding steroid dienone is 1. The molecule has 0 aliphatic heterocycles. The van der Waals surface area contributed by atoms with E-state index in [1.165, 1.54) is 18.9 Å². The molecule has 3 aromatic rings. The third-order valence-corrected chi connectivity index (χ3v) is 6.13. The van der Waals surface area contributed by atoms with Crippen molar-refractivity contribution in [1.82, 2.24) is 14.8 Å². The molecule has 0 fully saturated rings. The number of halogens is 2.